The van der Waals surface area contributed by atoms with Gasteiger partial charge in [-0.15, -0.1) is 0 Å². The van der Waals surface area contributed by atoms with Crippen LogP contribution in [0.3, 0.4) is 0 Å². The maximum absolute atomic E-state index is 12.0. The van der Waals surface area contributed by atoms with Crippen LogP contribution in [0.2, 0.25) is 0 Å². The first kappa shape index (κ1) is 17.0. The second-order valence-corrected chi connectivity index (χ2v) is 5.20. The van der Waals surface area contributed by atoms with Gasteiger partial charge in [-0.1, -0.05) is 12.1 Å². The molecule has 0 saturated carbocycles. The van der Waals surface area contributed by atoms with Crippen LogP contribution in [0, 0.1) is 18.3 Å². The number of hydrogen-bond acceptors (Lipinski definition) is 5. The molecule has 0 atom stereocenters. The summed E-state index contributed by atoms with van der Waals surface area (Å²) in [6.07, 6.45) is 3.60. The first-order valence-corrected chi connectivity index (χ1v) is 7.44. The second kappa shape index (κ2) is 8.34. The van der Waals surface area contributed by atoms with Crippen LogP contribution in [0.5, 0.6) is 5.75 Å². The van der Waals surface area contributed by atoms with Gasteiger partial charge in [-0.2, -0.15) is 5.26 Å². The van der Waals surface area contributed by atoms with Gasteiger partial charge in [0.15, 0.2) is 0 Å². The normalized spacial score (nSPS) is 10.8. The smallest absolute Gasteiger partial charge is 0.263 e. The molecule has 1 amide bonds. The monoisotopic (exact) mass is 322 g/mol. The van der Waals surface area contributed by atoms with Crippen LogP contribution >= 0.6 is 0 Å². The van der Waals surface area contributed by atoms with Crippen LogP contribution in [0.1, 0.15) is 11.1 Å². The number of aromatic nitrogens is 1. The second-order valence-electron chi connectivity index (χ2n) is 5.20. The van der Waals surface area contributed by atoms with Gasteiger partial charge in [-0.25, -0.2) is 4.98 Å². The summed E-state index contributed by atoms with van der Waals surface area (Å²) < 4.78 is 0. The lowest BCUT2D eigenvalue weighted by Crippen LogP contribution is -2.27. The van der Waals surface area contributed by atoms with Crippen molar-refractivity contribution in [3.05, 3.63) is 65.5 Å². The minimum absolute atomic E-state index is 0.0241. The Kier molecular flexibility index (Phi) is 5.92. The van der Waals surface area contributed by atoms with E-state index in [0.717, 1.165) is 11.1 Å². The summed E-state index contributed by atoms with van der Waals surface area (Å²) in [5.74, 6) is 0.324. The predicted octanol–water partition coefficient (Wildman–Crippen LogP) is 2.27. The van der Waals surface area contributed by atoms with E-state index >= 15 is 0 Å². The highest BCUT2D eigenvalue weighted by Gasteiger charge is 2.08. The number of carbonyl (C=O) groups excluding carboxylic acids is 1. The van der Waals surface area contributed by atoms with E-state index in [4.69, 9.17) is 5.26 Å². The first-order chi connectivity index (χ1) is 11.6. The molecule has 0 bridgehead atoms. The molecule has 1 heterocycles. The molecule has 122 valence electrons. The number of nitrogens with zero attached hydrogens (tertiary/aromatic N) is 2. The zero-order valence-corrected chi connectivity index (χ0v) is 13.3. The zero-order chi connectivity index (χ0) is 17.4. The van der Waals surface area contributed by atoms with Crippen molar-refractivity contribution in [1.29, 1.82) is 5.26 Å². The fourth-order valence-corrected chi connectivity index (χ4v) is 1.99. The Balaban J connectivity index is 1.88. The largest absolute Gasteiger partial charge is 0.508 e. The molecular weight excluding hydrogens is 304 g/mol. The quantitative estimate of drug-likeness (QED) is 0.560. The predicted molar refractivity (Wildman–Crippen MR) is 91.1 cm³/mol. The summed E-state index contributed by atoms with van der Waals surface area (Å²) in [7, 11) is 0. The van der Waals surface area contributed by atoms with Gasteiger partial charge in [0.2, 0.25) is 0 Å². The van der Waals surface area contributed by atoms with Gasteiger partial charge < -0.3 is 15.7 Å². The van der Waals surface area contributed by atoms with E-state index in [2.05, 4.69) is 15.6 Å². The number of amides is 1. The molecule has 3 N–H and O–H groups in total. The Morgan fingerprint density at radius 2 is 2.08 bits per heavy atom. The number of carbonyl (C=O) groups is 1. The van der Waals surface area contributed by atoms with Crippen molar-refractivity contribution in [3.8, 4) is 11.8 Å². The number of rotatable bonds is 6. The SMILES string of the molecule is Cc1ccnc(N/C=C(/C#N)C(=O)NCCc2ccc(O)cc2)c1. The highest BCUT2D eigenvalue weighted by Crippen LogP contribution is 2.10. The average molecular weight is 322 g/mol. The van der Waals surface area contributed by atoms with Crippen molar-refractivity contribution in [1.82, 2.24) is 10.3 Å². The summed E-state index contributed by atoms with van der Waals surface area (Å²) in [5.41, 5.74) is 1.99. The van der Waals surface area contributed by atoms with Crippen molar-refractivity contribution in [2.24, 2.45) is 0 Å². The molecule has 0 aliphatic heterocycles. The van der Waals surface area contributed by atoms with Crippen LogP contribution in [-0.2, 0) is 11.2 Å². The van der Waals surface area contributed by atoms with Crippen molar-refractivity contribution in [2.45, 2.75) is 13.3 Å². The maximum atomic E-state index is 12.0. The molecule has 0 unspecified atom stereocenters. The maximum Gasteiger partial charge on any atom is 0.263 e. The molecule has 6 heteroatoms. The molecule has 0 aliphatic carbocycles. The van der Waals surface area contributed by atoms with Gasteiger partial charge >= 0.3 is 0 Å². The van der Waals surface area contributed by atoms with Gasteiger partial charge in [-0.3, -0.25) is 4.79 Å². The highest BCUT2D eigenvalue weighted by molar-refractivity contribution is 5.97. The molecule has 0 fully saturated rings. The average Bonchev–Trinajstić information content (AvgIpc) is 2.57. The lowest BCUT2D eigenvalue weighted by molar-refractivity contribution is -0.117. The Bertz CT molecular complexity index is 776. The third-order valence-corrected chi connectivity index (χ3v) is 3.28. The number of nitrogens with one attached hydrogen (secondary N) is 2. The third-order valence-electron chi connectivity index (χ3n) is 3.28. The van der Waals surface area contributed by atoms with E-state index in [1.807, 2.05) is 25.1 Å². The summed E-state index contributed by atoms with van der Waals surface area (Å²) in [5, 5.41) is 23.9. The lowest BCUT2D eigenvalue weighted by atomic mass is 10.1. The Morgan fingerprint density at radius 3 is 2.75 bits per heavy atom. The Morgan fingerprint density at radius 1 is 1.33 bits per heavy atom. The fraction of sp³-hybridized carbons (Fsp3) is 0.167. The number of nitriles is 1. The highest BCUT2D eigenvalue weighted by atomic mass is 16.3. The van der Waals surface area contributed by atoms with Crippen molar-refractivity contribution >= 4 is 11.7 Å². The Hall–Kier alpha value is -3.33. The lowest BCUT2D eigenvalue weighted by Gasteiger charge is -2.06. The number of hydrogen-bond donors (Lipinski definition) is 3. The van der Waals surface area contributed by atoms with Crippen LogP contribution < -0.4 is 10.6 Å². The molecule has 0 saturated heterocycles. The van der Waals surface area contributed by atoms with Gasteiger partial charge in [0.25, 0.3) is 5.91 Å². The molecule has 1 aromatic heterocycles. The van der Waals surface area contributed by atoms with E-state index in [-0.39, 0.29) is 11.3 Å². The molecule has 0 spiro atoms. The van der Waals surface area contributed by atoms with Gasteiger partial charge in [0.1, 0.15) is 23.2 Å². The first-order valence-electron chi connectivity index (χ1n) is 7.44. The molecule has 0 aliphatic rings. The van der Waals surface area contributed by atoms with E-state index in [9.17, 15) is 9.90 Å². The molecular formula is C18H18N4O2. The number of anilines is 1. The van der Waals surface area contributed by atoms with Crippen LogP contribution in [-0.4, -0.2) is 22.5 Å². The number of benzene rings is 1. The van der Waals surface area contributed by atoms with E-state index in [1.165, 1.54) is 6.20 Å². The minimum atomic E-state index is -0.448. The molecule has 1 aromatic carbocycles. The number of phenolic OH excluding ortho intramolecular Hbond substituents is 1. The van der Waals surface area contributed by atoms with Crippen molar-refractivity contribution in [2.75, 3.05) is 11.9 Å². The summed E-state index contributed by atoms with van der Waals surface area (Å²) in [6, 6.07) is 12.3. The molecule has 0 radical (unpaired) electrons. The van der Waals surface area contributed by atoms with Crippen LogP contribution in [0.4, 0.5) is 5.82 Å². The molecule has 6 nitrogen and oxygen atoms in total. The minimum Gasteiger partial charge on any atom is -0.508 e. The Labute approximate surface area is 140 Å². The zero-order valence-electron chi connectivity index (χ0n) is 13.3. The number of aryl methyl sites for hydroxylation is 1. The summed E-state index contributed by atoms with van der Waals surface area (Å²) in [6.45, 7) is 2.32. The van der Waals surface area contributed by atoms with Crippen LogP contribution in [0.25, 0.3) is 0 Å². The molecule has 24 heavy (non-hydrogen) atoms. The molecule has 2 rings (SSSR count). The van der Waals surface area contributed by atoms with Crippen molar-refractivity contribution in [3.63, 3.8) is 0 Å². The third kappa shape index (κ3) is 5.14. The standard InChI is InChI=1S/C18H18N4O2/c1-13-6-8-20-17(10-13)22-12-15(11-19)18(24)21-9-7-14-2-4-16(23)5-3-14/h2-6,8,10,12,23H,7,9H2,1H3,(H,20,22)(H,21,24)/b15-12-. The number of aromatic hydroxyl groups is 1. The van der Waals surface area contributed by atoms with E-state index < -0.39 is 5.91 Å². The fourth-order valence-electron chi connectivity index (χ4n) is 1.99. The summed E-state index contributed by atoms with van der Waals surface area (Å²) in [4.78, 5) is 16.1. The van der Waals surface area contributed by atoms with Gasteiger partial charge in [0, 0.05) is 18.9 Å². The topological polar surface area (TPSA) is 98.0 Å². The van der Waals surface area contributed by atoms with E-state index in [0.29, 0.717) is 18.8 Å². The van der Waals surface area contributed by atoms with Gasteiger partial charge in [-0.05, 0) is 48.7 Å². The van der Waals surface area contributed by atoms with Gasteiger partial charge in [0.05, 0.1) is 0 Å². The number of pyridine rings is 1. The summed E-state index contributed by atoms with van der Waals surface area (Å²) >= 11 is 0. The molecule has 2 aromatic rings. The van der Waals surface area contributed by atoms with Crippen LogP contribution in [0.15, 0.2) is 54.4 Å². The van der Waals surface area contributed by atoms with Crippen molar-refractivity contribution < 1.29 is 9.90 Å². The number of phenols is 1. The van der Waals surface area contributed by atoms with E-state index in [1.54, 1.807) is 30.5 Å².